The molecule has 0 radical (unpaired) electrons. The number of carbonyl (C=O) groups is 3. The maximum Gasteiger partial charge on any atom is 0.355 e. The van der Waals surface area contributed by atoms with Gasteiger partial charge in [0.05, 0.1) is 31.9 Å². The van der Waals surface area contributed by atoms with Crippen LogP contribution in [0.2, 0.25) is 0 Å². The van der Waals surface area contributed by atoms with E-state index < -0.39 is 23.5 Å². The fourth-order valence-electron chi connectivity index (χ4n) is 3.98. The fourth-order valence-corrected chi connectivity index (χ4v) is 3.98. The van der Waals surface area contributed by atoms with E-state index in [0.29, 0.717) is 27.5 Å². The minimum atomic E-state index is -1.07. The number of ether oxygens (including phenoxy) is 2. The van der Waals surface area contributed by atoms with Gasteiger partial charge >= 0.3 is 17.9 Å². The van der Waals surface area contributed by atoms with Gasteiger partial charge in [0.2, 0.25) is 0 Å². The van der Waals surface area contributed by atoms with Crippen LogP contribution in [0.15, 0.2) is 77.6 Å². The van der Waals surface area contributed by atoms with Gasteiger partial charge in [-0.1, -0.05) is 42.5 Å². The quantitative estimate of drug-likeness (QED) is 0.423. The Kier molecular flexibility index (Phi) is 6.46. The predicted octanol–water partition coefficient (Wildman–Crippen LogP) is 3.99. The number of hydrogen-bond acceptors (Lipinski definition) is 6. The summed E-state index contributed by atoms with van der Waals surface area (Å²) in [5.41, 5.74) is 1.59. The van der Waals surface area contributed by atoms with Gasteiger partial charge in [-0.3, -0.25) is 9.36 Å². The molecular weight excluding hydrogens is 450 g/mol. The van der Waals surface area contributed by atoms with E-state index in [1.807, 2.05) is 6.07 Å². The number of benzene rings is 3. The van der Waals surface area contributed by atoms with Crippen LogP contribution in [-0.2, 0) is 16.0 Å². The van der Waals surface area contributed by atoms with E-state index in [1.54, 1.807) is 36.4 Å². The Morgan fingerprint density at radius 2 is 1.43 bits per heavy atom. The van der Waals surface area contributed by atoms with Crippen molar-refractivity contribution in [3.05, 3.63) is 106 Å². The van der Waals surface area contributed by atoms with E-state index in [-0.39, 0.29) is 23.4 Å². The van der Waals surface area contributed by atoms with Crippen LogP contribution in [-0.4, -0.2) is 41.8 Å². The molecule has 0 unspecified atom stereocenters. The lowest BCUT2D eigenvalue weighted by molar-refractivity contribution is 0.0584. The molecule has 0 aliphatic heterocycles. The Morgan fingerprint density at radius 1 is 0.800 bits per heavy atom. The lowest BCUT2D eigenvalue weighted by atomic mass is 9.95. The summed E-state index contributed by atoms with van der Waals surface area (Å²) in [6, 6.07) is 19.6. The number of aromatic carboxylic acids is 1. The molecule has 3 aromatic carbocycles. The number of pyridine rings is 1. The second kappa shape index (κ2) is 9.64. The van der Waals surface area contributed by atoms with Gasteiger partial charge in [0.25, 0.3) is 5.56 Å². The van der Waals surface area contributed by atoms with Gasteiger partial charge in [0, 0.05) is 10.9 Å². The summed E-state index contributed by atoms with van der Waals surface area (Å²) in [5, 5.41) is 9.87. The number of nitrogens with zero attached hydrogens (tertiary/aromatic N) is 1. The highest BCUT2D eigenvalue weighted by atomic mass is 16.5. The van der Waals surface area contributed by atoms with Gasteiger partial charge in [0.1, 0.15) is 5.69 Å². The van der Waals surface area contributed by atoms with Crippen LogP contribution < -0.4 is 5.56 Å². The van der Waals surface area contributed by atoms with Gasteiger partial charge in [-0.2, -0.15) is 0 Å². The molecule has 0 aliphatic carbocycles. The Labute approximate surface area is 200 Å². The number of rotatable bonds is 6. The summed E-state index contributed by atoms with van der Waals surface area (Å²) >= 11 is 0. The van der Waals surface area contributed by atoms with Crippen molar-refractivity contribution in [1.29, 1.82) is 0 Å². The molecule has 176 valence electrons. The normalized spacial score (nSPS) is 10.7. The predicted molar refractivity (Wildman–Crippen MR) is 129 cm³/mol. The monoisotopic (exact) mass is 471 g/mol. The van der Waals surface area contributed by atoms with Crippen LogP contribution in [0.1, 0.15) is 36.8 Å². The summed E-state index contributed by atoms with van der Waals surface area (Å²) in [6.07, 6.45) is 0. The van der Waals surface area contributed by atoms with Gasteiger partial charge in [-0.25, -0.2) is 14.4 Å². The average Bonchev–Trinajstić information content (AvgIpc) is 2.89. The molecule has 0 aliphatic rings. The number of carboxylic acids is 1. The van der Waals surface area contributed by atoms with Crippen molar-refractivity contribution in [2.75, 3.05) is 14.2 Å². The number of methoxy groups -OCH3 is 2. The molecule has 1 heterocycles. The van der Waals surface area contributed by atoms with Crippen molar-refractivity contribution in [3.63, 3.8) is 0 Å². The summed E-state index contributed by atoms with van der Waals surface area (Å²) in [7, 11) is 2.49. The molecule has 0 amide bonds. The van der Waals surface area contributed by atoms with Crippen molar-refractivity contribution in [2.24, 2.45) is 0 Å². The number of esters is 2. The number of hydrogen-bond donors (Lipinski definition) is 1. The van der Waals surface area contributed by atoms with Crippen molar-refractivity contribution < 1.29 is 29.0 Å². The minimum absolute atomic E-state index is 0.00229. The maximum absolute atomic E-state index is 13.6. The summed E-state index contributed by atoms with van der Waals surface area (Å²) < 4.78 is 11.2. The third kappa shape index (κ3) is 4.41. The van der Waals surface area contributed by atoms with Crippen LogP contribution in [0.25, 0.3) is 21.9 Å². The molecule has 1 aromatic heterocycles. The van der Waals surface area contributed by atoms with Crippen molar-refractivity contribution >= 4 is 28.7 Å². The highest BCUT2D eigenvalue weighted by Gasteiger charge is 2.25. The zero-order chi connectivity index (χ0) is 25.1. The molecule has 4 aromatic rings. The summed E-state index contributed by atoms with van der Waals surface area (Å²) in [4.78, 5) is 50.1. The Hall–Kier alpha value is -4.72. The first-order chi connectivity index (χ1) is 16.8. The van der Waals surface area contributed by atoms with Crippen LogP contribution in [0, 0.1) is 0 Å². The number of aromatic nitrogens is 1. The van der Waals surface area contributed by atoms with Crippen molar-refractivity contribution in [3.8, 4) is 11.1 Å². The zero-order valence-corrected chi connectivity index (χ0v) is 19.0. The van der Waals surface area contributed by atoms with E-state index >= 15 is 0 Å². The van der Waals surface area contributed by atoms with Crippen LogP contribution in [0.3, 0.4) is 0 Å². The Bertz CT molecular complexity index is 1500. The topological polar surface area (TPSA) is 112 Å². The minimum Gasteiger partial charge on any atom is -0.478 e. The molecule has 0 bridgehead atoms. The molecule has 8 heteroatoms. The maximum atomic E-state index is 13.6. The number of carbonyl (C=O) groups excluding carboxylic acids is 2. The van der Waals surface area contributed by atoms with Gasteiger partial charge in [0.15, 0.2) is 0 Å². The Morgan fingerprint density at radius 3 is 2.03 bits per heavy atom. The molecule has 0 fully saturated rings. The fraction of sp³-hybridized carbons (Fsp3) is 0.111. The average molecular weight is 471 g/mol. The largest absolute Gasteiger partial charge is 0.478 e. The first-order valence-electron chi connectivity index (χ1n) is 10.6. The molecule has 8 nitrogen and oxygen atoms in total. The third-order valence-electron chi connectivity index (χ3n) is 5.68. The molecule has 0 saturated carbocycles. The zero-order valence-electron chi connectivity index (χ0n) is 19.0. The summed E-state index contributed by atoms with van der Waals surface area (Å²) in [6.45, 7) is -0.00229. The number of fused-ring (bicyclic) bond motifs is 1. The van der Waals surface area contributed by atoms with Crippen LogP contribution in [0.4, 0.5) is 0 Å². The SMILES string of the molecule is COC(=O)c1ccc2c(=O)n(Cc3ccc(C(=O)O)cc3)c(C(=O)OC)c(-c3ccccc3)c2c1. The van der Waals surface area contributed by atoms with Crippen LogP contribution in [0.5, 0.6) is 0 Å². The second-order valence-corrected chi connectivity index (χ2v) is 7.73. The van der Waals surface area contributed by atoms with E-state index in [0.717, 1.165) is 0 Å². The van der Waals surface area contributed by atoms with Crippen molar-refractivity contribution in [1.82, 2.24) is 4.57 Å². The first-order valence-corrected chi connectivity index (χ1v) is 10.6. The summed E-state index contributed by atoms with van der Waals surface area (Å²) in [5.74, 6) is -2.37. The molecule has 0 saturated heterocycles. The van der Waals surface area contributed by atoms with E-state index in [9.17, 15) is 19.2 Å². The molecule has 4 rings (SSSR count). The highest BCUT2D eigenvalue weighted by Crippen LogP contribution is 2.32. The van der Waals surface area contributed by atoms with Gasteiger partial charge in [-0.05, 0) is 46.8 Å². The number of carboxylic acid groups (broad SMARTS) is 1. The lowest BCUT2D eigenvalue weighted by Gasteiger charge is -2.19. The molecule has 0 spiro atoms. The van der Waals surface area contributed by atoms with E-state index in [4.69, 9.17) is 14.6 Å². The molecule has 1 N–H and O–H groups in total. The third-order valence-corrected chi connectivity index (χ3v) is 5.68. The van der Waals surface area contributed by atoms with Gasteiger partial charge in [-0.15, -0.1) is 0 Å². The molecule has 0 atom stereocenters. The first kappa shape index (κ1) is 23.4. The van der Waals surface area contributed by atoms with Crippen LogP contribution >= 0.6 is 0 Å². The van der Waals surface area contributed by atoms with Crippen molar-refractivity contribution in [2.45, 2.75) is 6.54 Å². The standard InChI is InChI=1S/C27H21NO7/c1-34-26(32)19-12-13-20-21(14-19)22(17-6-4-3-5-7-17)23(27(33)35-2)28(24(20)29)15-16-8-10-18(11-9-16)25(30)31/h3-14H,15H2,1-2H3,(H,30,31). The smallest absolute Gasteiger partial charge is 0.355 e. The second-order valence-electron chi connectivity index (χ2n) is 7.73. The molecule has 35 heavy (non-hydrogen) atoms. The molecular formula is C27H21NO7. The lowest BCUT2D eigenvalue weighted by Crippen LogP contribution is -2.28. The van der Waals surface area contributed by atoms with Gasteiger partial charge < -0.3 is 14.6 Å². The van der Waals surface area contributed by atoms with E-state index in [1.165, 1.54) is 49.1 Å². The highest BCUT2D eigenvalue weighted by molar-refractivity contribution is 6.08. The van der Waals surface area contributed by atoms with E-state index in [2.05, 4.69) is 0 Å². The Balaban J connectivity index is 2.06.